The van der Waals surface area contributed by atoms with E-state index in [0.717, 1.165) is 85.9 Å². The number of benzene rings is 2. The molecule has 4 nitrogen and oxygen atoms in total. The average molecular weight is 469 g/mol. The van der Waals surface area contributed by atoms with Gasteiger partial charge in [0.2, 0.25) is 0 Å². The van der Waals surface area contributed by atoms with Crippen LogP contribution >= 0.6 is 11.6 Å². The van der Waals surface area contributed by atoms with Crippen molar-refractivity contribution in [2.45, 2.75) is 37.7 Å². The molecule has 2 unspecified atom stereocenters. The van der Waals surface area contributed by atoms with E-state index in [1.807, 2.05) is 42.5 Å². The number of halogens is 1. The monoisotopic (exact) mass is 468 g/mol. The summed E-state index contributed by atoms with van der Waals surface area (Å²) in [5, 5.41) is 13.3. The fourth-order valence-electron chi connectivity index (χ4n) is 5.36. The fourth-order valence-corrected chi connectivity index (χ4v) is 5.49. The first-order valence-corrected chi connectivity index (χ1v) is 12.6. The van der Waals surface area contributed by atoms with Gasteiger partial charge in [-0.05, 0) is 61.2 Å². The maximum Gasteiger partial charge on any atom is 0.122 e. The Kier molecular flexibility index (Phi) is 8.13. The SMILES string of the molecule is COc1ccccc1CC1(O)C(=Cc2ccc(Cl)cc2)CCCCC1CN1CCN(C)CC1. The Hall–Kier alpha value is -1.85. The van der Waals surface area contributed by atoms with Crippen LogP contribution in [0, 0.1) is 5.92 Å². The first kappa shape index (κ1) is 24.3. The molecule has 0 amide bonds. The van der Waals surface area contributed by atoms with Gasteiger partial charge in [-0.1, -0.05) is 54.4 Å². The maximum atomic E-state index is 12.6. The minimum atomic E-state index is -0.923. The molecule has 4 rings (SSSR count). The van der Waals surface area contributed by atoms with Gasteiger partial charge in [-0.15, -0.1) is 0 Å². The maximum absolute atomic E-state index is 12.6. The number of methoxy groups -OCH3 is 1. The van der Waals surface area contributed by atoms with E-state index in [1.54, 1.807) is 7.11 Å². The number of likely N-dealkylation sites (N-methyl/N-ethyl adjacent to an activating group) is 1. The van der Waals surface area contributed by atoms with Gasteiger partial charge < -0.3 is 19.6 Å². The fraction of sp³-hybridized carbons (Fsp3) is 0.500. The molecule has 2 aliphatic rings. The number of piperazine rings is 1. The second-order valence-electron chi connectivity index (χ2n) is 9.68. The lowest BCUT2D eigenvalue weighted by Gasteiger charge is -2.42. The smallest absolute Gasteiger partial charge is 0.122 e. The molecule has 178 valence electrons. The summed E-state index contributed by atoms with van der Waals surface area (Å²) < 4.78 is 5.67. The Balaban J connectivity index is 1.70. The molecule has 1 saturated carbocycles. The molecule has 1 saturated heterocycles. The number of hydrogen-bond acceptors (Lipinski definition) is 4. The summed E-state index contributed by atoms with van der Waals surface area (Å²) in [4.78, 5) is 4.93. The van der Waals surface area contributed by atoms with Crippen molar-refractivity contribution in [1.29, 1.82) is 0 Å². The molecule has 0 radical (unpaired) electrons. The van der Waals surface area contributed by atoms with Crippen molar-refractivity contribution < 1.29 is 9.84 Å². The predicted octanol–water partition coefficient (Wildman–Crippen LogP) is 5.14. The van der Waals surface area contributed by atoms with E-state index in [0.29, 0.717) is 6.42 Å². The first-order chi connectivity index (χ1) is 16.0. The van der Waals surface area contributed by atoms with Gasteiger partial charge >= 0.3 is 0 Å². The molecule has 1 aliphatic heterocycles. The lowest BCUT2D eigenvalue weighted by Crippen LogP contribution is -2.51. The van der Waals surface area contributed by atoms with Crippen LogP contribution in [-0.4, -0.2) is 67.4 Å². The van der Waals surface area contributed by atoms with Gasteiger partial charge in [0, 0.05) is 50.1 Å². The summed E-state index contributed by atoms with van der Waals surface area (Å²) in [6.45, 7) is 5.23. The molecule has 0 spiro atoms. The third kappa shape index (κ3) is 5.99. The minimum absolute atomic E-state index is 0.173. The topological polar surface area (TPSA) is 35.9 Å². The van der Waals surface area contributed by atoms with Crippen LogP contribution in [0.2, 0.25) is 5.02 Å². The largest absolute Gasteiger partial charge is 0.496 e. The van der Waals surface area contributed by atoms with Crippen LogP contribution in [0.15, 0.2) is 54.1 Å². The van der Waals surface area contributed by atoms with E-state index in [-0.39, 0.29) is 5.92 Å². The summed E-state index contributed by atoms with van der Waals surface area (Å²) in [7, 11) is 3.90. The molecule has 1 heterocycles. The normalized spacial score (nSPS) is 26.3. The van der Waals surface area contributed by atoms with Crippen LogP contribution in [0.25, 0.3) is 6.08 Å². The highest BCUT2D eigenvalue weighted by atomic mass is 35.5. The van der Waals surface area contributed by atoms with Crippen molar-refractivity contribution >= 4 is 17.7 Å². The molecule has 2 atom stereocenters. The molecule has 2 aromatic rings. The standard InChI is InChI=1S/C28H37ClN2O2/c1-30-15-17-31(18-16-30)21-25-9-5-4-8-24(19-22-11-13-26(29)14-12-22)28(25,32)20-23-7-3-6-10-27(23)33-2/h3,6-7,10-14,19,25,32H,4-5,8-9,15-18,20-21H2,1-2H3. The van der Waals surface area contributed by atoms with Crippen LogP contribution in [-0.2, 0) is 6.42 Å². The number of ether oxygens (including phenoxy) is 1. The van der Waals surface area contributed by atoms with Crippen LogP contribution in [0.1, 0.15) is 36.8 Å². The lowest BCUT2D eigenvalue weighted by atomic mass is 9.74. The quantitative estimate of drug-likeness (QED) is 0.595. The van der Waals surface area contributed by atoms with Gasteiger partial charge in [0.1, 0.15) is 5.75 Å². The van der Waals surface area contributed by atoms with Gasteiger partial charge in [-0.3, -0.25) is 0 Å². The predicted molar refractivity (Wildman–Crippen MR) is 137 cm³/mol. The summed E-state index contributed by atoms with van der Waals surface area (Å²) in [6.07, 6.45) is 6.96. The highest BCUT2D eigenvalue weighted by Crippen LogP contribution is 2.42. The van der Waals surface area contributed by atoms with Gasteiger partial charge in [0.25, 0.3) is 0 Å². The van der Waals surface area contributed by atoms with Gasteiger partial charge in [0.15, 0.2) is 0 Å². The highest BCUT2D eigenvalue weighted by molar-refractivity contribution is 6.30. The van der Waals surface area contributed by atoms with E-state index in [1.165, 1.54) is 0 Å². The Morgan fingerprint density at radius 3 is 2.52 bits per heavy atom. The zero-order valence-electron chi connectivity index (χ0n) is 20.0. The van der Waals surface area contributed by atoms with Crippen molar-refractivity contribution in [1.82, 2.24) is 9.80 Å². The summed E-state index contributed by atoms with van der Waals surface area (Å²) in [6, 6.07) is 16.0. The Morgan fingerprint density at radius 1 is 1.06 bits per heavy atom. The molecular weight excluding hydrogens is 432 g/mol. The molecule has 2 aromatic carbocycles. The van der Waals surface area contributed by atoms with E-state index < -0.39 is 5.60 Å². The number of hydrogen-bond donors (Lipinski definition) is 1. The lowest BCUT2D eigenvalue weighted by molar-refractivity contribution is -0.00677. The molecular formula is C28H37ClN2O2. The molecule has 1 aliphatic carbocycles. The third-order valence-electron chi connectivity index (χ3n) is 7.42. The summed E-state index contributed by atoms with van der Waals surface area (Å²) in [5.41, 5.74) is 2.36. The molecule has 2 fully saturated rings. The number of para-hydroxylation sites is 1. The summed E-state index contributed by atoms with van der Waals surface area (Å²) in [5.74, 6) is 1.02. The second-order valence-corrected chi connectivity index (χ2v) is 10.1. The molecule has 0 bridgehead atoms. The number of nitrogens with zero attached hydrogens (tertiary/aromatic N) is 2. The molecule has 0 aromatic heterocycles. The Morgan fingerprint density at radius 2 is 1.79 bits per heavy atom. The van der Waals surface area contributed by atoms with E-state index in [4.69, 9.17) is 16.3 Å². The Labute approximate surface area is 203 Å². The van der Waals surface area contributed by atoms with E-state index >= 15 is 0 Å². The van der Waals surface area contributed by atoms with Gasteiger partial charge in [-0.2, -0.15) is 0 Å². The minimum Gasteiger partial charge on any atom is -0.496 e. The van der Waals surface area contributed by atoms with Crippen molar-refractivity contribution in [3.8, 4) is 5.75 Å². The second kappa shape index (κ2) is 11.1. The van der Waals surface area contributed by atoms with Crippen molar-refractivity contribution in [2.75, 3.05) is 46.9 Å². The summed E-state index contributed by atoms with van der Waals surface area (Å²) >= 11 is 6.13. The van der Waals surface area contributed by atoms with E-state index in [9.17, 15) is 5.11 Å². The van der Waals surface area contributed by atoms with Gasteiger partial charge in [-0.25, -0.2) is 0 Å². The number of aliphatic hydroxyl groups is 1. The van der Waals surface area contributed by atoms with Crippen LogP contribution in [0.3, 0.4) is 0 Å². The average Bonchev–Trinajstić information content (AvgIpc) is 2.96. The van der Waals surface area contributed by atoms with E-state index in [2.05, 4.69) is 29.0 Å². The Bertz CT molecular complexity index is 937. The molecule has 1 N–H and O–H groups in total. The van der Waals surface area contributed by atoms with Crippen molar-refractivity contribution in [3.05, 3.63) is 70.3 Å². The van der Waals surface area contributed by atoms with Crippen LogP contribution < -0.4 is 4.74 Å². The van der Waals surface area contributed by atoms with Crippen molar-refractivity contribution in [3.63, 3.8) is 0 Å². The zero-order valence-corrected chi connectivity index (χ0v) is 20.7. The third-order valence-corrected chi connectivity index (χ3v) is 7.67. The molecule has 5 heteroatoms. The van der Waals surface area contributed by atoms with Gasteiger partial charge in [0.05, 0.1) is 12.7 Å². The van der Waals surface area contributed by atoms with Crippen molar-refractivity contribution in [2.24, 2.45) is 5.92 Å². The number of rotatable bonds is 6. The zero-order chi connectivity index (χ0) is 23.3. The first-order valence-electron chi connectivity index (χ1n) is 12.2. The van der Waals surface area contributed by atoms with Crippen LogP contribution in [0.4, 0.5) is 0 Å². The van der Waals surface area contributed by atoms with Crippen LogP contribution in [0.5, 0.6) is 5.75 Å². The highest BCUT2D eigenvalue weighted by Gasteiger charge is 2.42. The molecule has 33 heavy (non-hydrogen) atoms.